The van der Waals surface area contributed by atoms with Crippen LogP contribution in [0.25, 0.3) is 0 Å². The monoisotopic (exact) mass is 276 g/mol. The van der Waals surface area contributed by atoms with Gasteiger partial charge in [-0.3, -0.25) is 4.79 Å². The number of nitrogens with one attached hydrogen (secondary N) is 1. The van der Waals surface area contributed by atoms with E-state index in [2.05, 4.69) is 24.4 Å². The van der Waals surface area contributed by atoms with Gasteiger partial charge in [0.1, 0.15) is 0 Å². The van der Waals surface area contributed by atoms with Gasteiger partial charge in [-0.2, -0.15) is 0 Å². The summed E-state index contributed by atoms with van der Waals surface area (Å²) in [5, 5.41) is 3.05. The van der Waals surface area contributed by atoms with Gasteiger partial charge in [-0.25, -0.2) is 0 Å². The second-order valence-corrected chi connectivity index (χ2v) is 5.53. The summed E-state index contributed by atoms with van der Waals surface area (Å²) in [4.78, 5) is 12.4. The molecule has 0 spiro atoms. The van der Waals surface area contributed by atoms with Gasteiger partial charge in [0.25, 0.3) is 0 Å². The van der Waals surface area contributed by atoms with Crippen molar-refractivity contribution in [2.24, 2.45) is 11.1 Å². The molecule has 0 aliphatic carbocycles. The van der Waals surface area contributed by atoms with Gasteiger partial charge in [-0.05, 0) is 37.3 Å². The predicted molar refractivity (Wildman–Crippen MR) is 79.4 cm³/mol. The van der Waals surface area contributed by atoms with Gasteiger partial charge >= 0.3 is 0 Å². The Bertz CT molecular complexity index is 454. The number of ether oxygens (including phenoxy) is 1. The van der Waals surface area contributed by atoms with E-state index in [1.807, 2.05) is 12.1 Å². The van der Waals surface area contributed by atoms with Crippen molar-refractivity contribution in [2.45, 2.75) is 26.2 Å². The van der Waals surface area contributed by atoms with Crippen molar-refractivity contribution in [3.05, 3.63) is 35.4 Å². The molecule has 0 unspecified atom stereocenters. The van der Waals surface area contributed by atoms with E-state index in [1.165, 1.54) is 11.1 Å². The van der Waals surface area contributed by atoms with Crippen molar-refractivity contribution >= 4 is 5.91 Å². The first-order valence-electron chi connectivity index (χ1n) is 7.28. The van der Waals surface area contributed by atoms with Gasteiger partial charge in [0.05, 0.1) is 5.41 Å². The zero-order valence-electron chi connectivity index (χ0n) is 12.2. The molecule has 4 nitrogen and oxygen atoms in total. The molecule has 0 bridgehead atoms. The van der Waals surface area contributed by atoms with Gasteiger partial charge in [-0.15, -0.1) is 0 Å². The van der Waals surface area contributed by atoms with Crippen LogP contribution in [-0.2, 0) is 16.0 Å². The van der Waals surface area contributed by atoms with Crippen LogP contribution in [0.5, 0.6) is 0 Å². The normalized spacial score (nSPS) is 17.7. The number of nitrogens with two attached hydrogens (primary N) is 1. The molecular weight excluding hydrogens is 252 g/mol. The Morgan fingerprint density at radius 2 is 2.05 bits per heavy atom. The highest BCUT2D eigenvalue weighted by Crippen LogP contribution is 2.29. The van der Waals surface area contributed by atoms with Gasteiger partial charge in [-0.1, -0.05) is 24.3 Å². The van der Waals surface area contributed by atoms with E-state index in [4.69, 9.17) is 10.5 Å². The molecule has 1 saturated heterocycles. The van der Waals surface area contributed by atoms with E-state index in [9.17, 15) is 4.79 Å². The minimum absolute atomic E-state index is 0.0804. The molecule has 4 heteroatoms. The predicted octanol–water partition coefficient (Wildman–Crippen LogP) is 1.41. The van der Waals surface area contributed by atoms with Crippen LogP contribution in [0.4, 0.5) is 0 Å². The summed E-state index contributed by atoms with van der Waals surface area (Å²) in [6.07, 6.45) is 2.30. The molecule has 1 aliphatic rings. The number of carbonyl (C=O) groups is 1. The number of amides is 1. The summed E-state index contributed by atoms with van der Waals surface area (Å²) in [6, 6.07) is 8.26. The van der Waals surface area contributed by atoms with E-state index in [0.29, 0.717) is 26.3 Å². The fourth-order valence-corrected chi connectivity index (χ4v) is 2.67. The minimum Gasteiger partial charge on any atom is -0.381 e. The van der Waals surface area contributed by atoms with E-state index >= 15 is 0 Å². The quantitative estimate of drug-likeness (QED) is 0.854. The molecule has 3 N–H and O–H groups in total. The first-order chi connectivity index (χ1) is 9.68. The first-order valence-corrected chi connectivity index (χ1v) is 7.28. The van der Waals surface area contributed by atoms with Crippen molar-refractivity contribution in [1.29, 1.82) is 0 Å². The molecule has 1 fully saturated rings. The number of aryl methyl sites for hydroxylation is 1. The summed E-state index contributed by atoms with van der Waals surface area (Å²) in [7, 11) is 0. The first kappa shape index (κ1) is 15.0. The Morgan fingerprint density at radius 3 is 2.70 bits per heavy atom. The van der Waals surface area contributed by atoms with Crippen LogP contribution in [0.3, 0.4) is 0 Å². The molecule has 0 radical (unpaired) electrons. The van der Waals surface area contributed by atoms with Crippen molar-refractivity contribution in [1.82, 2.24) is 5.32 Å². The van der Waals surface area contributed by atoms with E-state index < -0.39 is 5.41 Å². The second-order valence-electron chi connectivity index (χ2n) is 5.53. The zero-order chi connectivity index (χ0) is 14.4. The van der Waals surface area contributed by atoms with Crippen LogP contribution in [0.15, 0.2) is 24.3 Å². The molecule has 1 amide bonds. The standard InChI is InChI=1S/C16H24N2O2/c1-13-4-2-3-5-14(13)6-9-18-15(19)16(12-17)7-10-20-11-8-16/h2-5H,6-12,17H2,1H3,(H,18,19). The lowest BCUT2D eigenvalue weighted by molar-refractivity contribution is -0.135. The lowest BCUT2D eigenvalue weighted by Gasteiger charge is -2.34. The van der Waals surface area contributed by atoms with Crippen LogP contribution in [-0.4, -0.2) is 32.2 Å². The molecule has 0 saturated carbocycles. The molecular formula is C16H24N2O2. The lowest BCUT2D eigenvalue weighted by atomic mass is 9.79. The van der Waals surface area contributed by atoms with Crippen LogP contribution in [0.1, 0.15) is 24.0 Å². The van der Waals surface area contributed by atoms with Crippen molar-refractivity contribution < 1.29 is 9.53 Å². The molecule has 1 aromatic carbocycles. The molecule has 1 heterocycles. The molecule has 0 atom stereocenters. The Kier molecular flexibility index (Phi) is 5.15. The highest BCUT2D eigenvalue weighted by molar-refractivity contribution is 5.83. The van der Waals surface area contributed by atoms with Crippen LogP contribution in [0.2, 0.25) is 0 Å². The third kappa shape index (κ3) is 3.38. The summed E-state index contributed by atoms with van der Waals surface area (Å²) >= 11 is 0. The summed E-state index contributed by atoms with van der Waals surface area (Å²) in [5.41, 5.74) is 7.95. The molecule has 20 heavy (non-hydrogen) atoms. The van der Waals surface area contributed by atoms with E-state index in [-0.39, 0.29) is 5.91 Å². The maximum absolute atomic E-state index is 12.4. The van der Waals surface area contributed by atoms with Gasteiger partial charge < -0.3 is 15.8 Å². The third-order valence-corrected chi connectivity index (χ3v) is 4.26. The average Bonchev–Trinajstić information content (AvgIpc) is 2.49. The van der Waals surface area contributed by atoms with Crippen molar-refractivity contribution in [2.75, 3.05) is 26.3 Å². The zero-order valence-corrected chi connectivity index (χ0v) is 12.2. The second kappa shape index (κ2) is 6.86. The molecule has 0 aromatic heterocycles. The number of rotatable bonds is 5. The largest absolute Gasteiger partial charge is 0.381 e. The molecule has 110 valence electrons. The number of carbonyl (C=O) groups excluding carboxylic acids is 1. The van der Waals surface area contributed by atoms with Gasteiger partial charge in [0, 0.05) is 26.3 Å². The maximum Gasteiger partial charge on any atom is 0.227 e. The smallest absolute Gasteiger partial charge is 0.227 e. The van der Waals surface area contributed by atoms with Gasteiger partial charge in [0.2, 0.25) is 5.91 Å². The Labute approximate surface area is 120 Å². The van der Waals surface area contributed by atoms with Gasteiger partial charge in [0.15, 0.2) is 0 Å². The minimum atomic E-state index is -0.427. The van der Waals surface area contributed by atoms with Crippen molar-refractivity contribution in [3.8, 4) is 0 Å². The molecule has 1 aliphatic heterocycles. The highest BCUT2D eigenvalue weighted by atomic mass is 16.5. The van der Waals surface area contributed by atoms with Crippen molar-refractivity contribution in [3.63, 3.8) is 0 Å². The summed E-state index contributed by atoms with van der Waals surface area (Å²) in [5.74, 6) is 0.0804. The average molecular weight is 276 g/mol. The van der Waals surface area contributed by atoms with Crippen LogP contribution < -0.4 is 11.1 Å². The number of hydrogen-bond acceptors (Lipinski definition) is 3. The Balaban J connectivity index is 1.87. The number of benzene rings is 1. The molecule has 1 aromatic rings. The fraction of sp³-hybridized carbons (Fsp3) is 0.562. The van der Waals surface area contributed by atoms with Crippen LogP contribution in [0, 0.1) is 12.3 Å². The van der Waals surface area contributed by atoms with Crippen LogP contribution >= 0.6 is 0 Å². The topological polar surface area (TPSA) is 64.4 Å². The summed E-state index contributed by atoms with van der Waals surface area (Å²) < 4.78 is 5.33. The Morgan fingerprint density at radius 1 is 1.35 bits per heavy atom. The molecule has 2 rings (SSSR count). The Hall–Kier alpha value is -1.39. The lowest BCUT2D eigenvalue weighted by Crippen LogP contribution is -2.49. The fourth-order valence-electron chi connectivity index (χ4n) is 2.67. The third-order valence-electron chi connectivity index (χ3n) is 4.26. The highest BCUT2D eigenvalue weighted by Gasteiger charge is 2.38. The SMILES string of the molecule is Cc1ccccc1CCNC(=O)C1(CN)CCOCC1. The number of hydrogen-bond donors (Lipinski definition) is 2. The maximum atomic E-state index is 12.4. The van der Waals surface area contributed by atoms with E-state index in [1.54, 1.807) is 0 Å². The van der Waals surface area contributed by atoms with E-state index in [0.717, 1.165) is 19.3 Å². The summed E-state index contributed by atoms with van der Waals surface area (Å²) in [6.45, 7) is 4.40.